The molecule has 0 aliphatic rings. The summed E-state index contributed by atoms with van der Waals surface area (Å²) in [7, 11) is 0.894. The summed E-state index contributed by atoms with van der Waals surface area (Å²) in [6.45, 7) is 3.00. The van der Waals surface area contributed by atoms with E-state index in [-0.39, 0.29) is 4.31 Å². The van der Waals surface area contributed by atoms with Crippen LogP contribution < -0.4 is 0 Å². The van der Waals surface area contributed by atoms with Crippen molar-refractivity contribution in [1.82, 2.24) is 4.31 Å². The summed E-state index contributed by atoms with van der Waals surface area (Å²) < 4.78 is 35.8. The minimum absolute atomic E-state index is 0.247. The van der Waals surface area contributed by atoms with Gasteiger partial charge in [0.25, 0.3) is 0 Å². The van der Waals surface area contributed by atoms with E-state index in [2.05, 4.69) is 9.99 Å². The lowest BCUT2D eigenvalue weighted by atomic mass is 9.98. The van der Waals surface area contributed by atoms with E-state index in [4.69, 9.17) is 5.26 Å². The van der Waals surface area contributed by atoms with Crippen LogP contribution in [0, 0.1) is 16.7 Å². The van der Waals surface area contributed by atoms with Crippen LogP contribution in [-0.4, -0.2) is 29.2 Å². The van der Waals surface area contributed by atoms with Crippen molar-refractivity contribution < 1.29 is 22.8 Å². The van der Waals surface area contributed by atoms with Crippen molar-refractivity contribution in [2.45, 2.75) is 19.4 Å². The maximum Gasteiger partial charge on any atom is 0.461 e. The number of rotatable bonds is 3. The van der Waals surface area contributed by atoms with E-state index in [9.17, 15) is 18.0 Å². The van der Waals surface area contributed by atoms with Crippen LogP contribution in [0.5, 0.6) is 0 Å². The molecular formula is C8H10F3N3O2S. The number of hydrogen-bond acceptors (Lipinski definition) is 5. The number of nitriles is 1. The van der Waals surface area contributed by atoms with E-state index >= 15 is 0 Å². The highest BCUT2D eigenvalue weighted by Gasteiger charge is 2.34. The van der Waals surface area contributed by atoms with Gasteiger partial charge in [-0.05, 0) is 13.8 Å². The molecule has 0 saturated carbocycles. The molecule has 17 heavy (non-hydrogen) atoms. The van der Waals surface area contributed by atoms with Gasteiger partial charge in [0.2, 0.25) is 0 Å². The summed E-state index contributed by atoms with van der Waals surface area (Å²) in [6.07, 6.45) is -0.255. The number of hydrogen-bond donors (Lipinski definition) is 0. The summed E-state index contributed by atoms with van der Waals surface area (Å²) in [5.74, 6) is 0. The summed E-state index contributed by atoms with van der Waals surface area (Å²) in [5, 5.41) is 11.7. The highest BCUT2D eigenvalue weighted by molar-refractivity contribution is 7.98. The van der Waals surface area contributed by atoms with E-state index in [1.54, 1.807) is 0 Å². The van der Waals surface area contributed by atoms with Crippen LogP contribution in [0.25, 0.3) is 0 Å². The first-order valence-corrected chi connectivity index (χ1v) is 5.01. The predicted molar refractivity (Wildman–Crippen MR) is 55.8 cm³/mol. The van der Waals surface area contributed by atoms with Gasteiger partial charge in [0.1, 0.15) is 0 Å². The molecule has 5 nitrogen and oxygen atoms in total. The van der Waals surface area contributed by atoms with Gasteiger partial charge in [-0.15, -0.1) is 0 Å². The topological polar surface area (TPSA) is 65.7 Å². The SMILES string of the molecule is CN(SC(F)(F)F)C(=O)O/N=C/C(C)(C)C#N. The fourth-order valence-electron chi connectivity index (χ4n) is 0.482. The van der Waals surface area contributed by atoms with E-state index in [1.165, 1.54) is 13.8 Å². The number of alkyl halides is 3. The first kappa shape index (κ1) is 15.6. The van der Waals surface area contributed by atoms with Gasteiger partial charge >= 0.3 is 11.6 Å². The molecule has 0 aromatic carbocycles. The quantitative estimate of drug-likeness (QED) is 0.342. The fourth-order valence-corrected chi connectivity index (χ4v) is 0.900. The molecule has 0 N–H and O–H groups in total. The van der Waals surface area contributed by atoms with Gasteiger partial charge < -0.3 is 0 Å². The molecule has 0 bridgehead atoms. The van der Waals surface area contributed by atoms with Crippen molar-refractivity contribution in [3.05, 3.63) is 0 Å². The largest absolute Gasteiger partial charge is 0.461 e. The van der Waals surface area contributed by atoms with Crippen LogP contribution in [-0.2, 0) is 4.84 Å². The van der Waals surface area contributed by atoms with Crippen LogP contribution in [0.15, 0.2) is 5.16 Å². The average Bonchev–Trinajstić information content (AvgIpc) is 2.14. The molecule has 0 fully saturated rings. The lowest BCUT2D eigenvalue weighted by molar-refractivity contribution is -0.0358. The summed E-state index contributed by atoms with van der Waals surface area (Å²) in [6, 6.07) is 1.84. The monoisotopic (exact) mass is 269 g/mol. The molecule has 0 aliphatic heterocycles. The van der Waals surface area contributed by atoms with Crippen molar-refractivity contribution >= 4 is 24.3 Å². The molecular weight excluding hydrogens is 259 g/mol. The third-order valence-corrected chi connectivity index (χ3v) is 1.92. The molecule has 0 atom stereocenters. The van der Waals surface area contributed by atoms with Gasteiger partial charge in [-0.1, -0.05) is 5.16 Å². The smallest absolute Gasteiger partial charge is 0.298 e. The highest BCUT2D eigenvalue weighted by atomic mass is 32.2. The van der Waals surface area contributed by atoms with Gasteiger partial charge in [-0.3, -0.25) is 4.84 Å². The Morgan fingerprint density at radius 2 is 2.06 bits per heavy atom. The molecule has 0 radical (unpaired) electrons. The number of amides is 1. The van der Waals surface area contributed by atoms with E-state index in [0.29, 0.717) is 0 Å². The molecule has 0 saturated heterocycles. The Bertz CT molecular complexity index is 349. The van der Waals surface area contributed by atoms with Crippen LogP contribution in [0.4, 0.5) is 18.0 Å². The van der Waals surface area contributed by atoms with Crippen LogP contribution >= 0.6 is 11.9 Å². The van der Waals surface area contributed by atoms with Crippen LogP contribution in [0.1, 0.15) is 13.8 Å². The number of carbonyl (C=O) groups excluding carboxylic acids is 1. The standard InChI is InChI=1S/C8H10F3N3O2S/c1-7(2,4-12)5-13-16-6(15)14(3)17-8(9,10)11/h5H,1-3H3/b13-5+. The normalized spacial score (nSPS) is 12.3. The molecule has 0 aromatic heterocycles. The third kappa shape index (κ3) is 7.46. The molecule has 1 amide bonds. The second-order valence-corrected chi connectivity index (χ2v) is 4.65. The first-order chi connectivity index (χ1) is 7.57. The van der Waals surface area contributed by atoms with Gasteiger partial charge in [-0.25, -0.2) is 9.10 Å². The molecule has 0 spiro atoms. The maximum atomic E-state index is 11.9. The Kier molecular flexibility index (Phi) is 5.28. The zero-order valence-electron chi connectivity index (χ0n) is 9.28. The zero-order chi connectivity index (χ0) is 13.7. The van der Waals surface area contributed by atoms with Crippen molar-refractivity contribution in [2.75, 3.05) is 7.05 Å². The number of carbonyl (C=O) groups is 1. The Labute approximate surface area is 100 Å². The molecule has 96 valence electrons. The average molecular weight is 269 g/mol. The lowest BCUT2D eigenvalue weighted by Crippen LogP contribution is -2.24. The molecule has 0 unspecified atom stereocenters. The number of halogens is 3. The third-order valence-electron chi connectivity index (χ3n) is 1.29. The highest BCUT2D eigenvalue weighted by Crippen LogP contribution is 2.32. The minimum Gasteiger partial charge on any atom is -0.298 e. The summed E-state index contributed by atoms with van der Waals surface area (Å²) in [4.78, 5) is 15.2. The Morgan fingerprint density at radius 1 is 1.53 bits per heavy atom. The number of nitrogens with zero attached hydrogens (tertiary/aromatic N) is 3. The predicted octanol–water partition coefficient (Wildman–Crippen LogP) is 2.76. The minimum atomic E-state index is -4.58. The second kappa shape index (κ2) is 5.77. The van der Waals surface area contributed by atoms with E-state index < -0.39 is 29.0 Å². The Morgan fingerprint density at radius 3 is 2.47 bits per heavy atom. The van der Waals surface area contributed by atoms with Crippen LogP contribution in [0.3, 0.4) is 0 Å². The summed E-state index contributed by atoms with van der Waals surface area (Å²) >= 11 is -0.652. The van der Waals surface area contributed by atoms with Gasteiger partial charge in [0, 0.05) is 7.05 Å². The fraction of sp³-hybridized carbons (Fsp3) is 0.625. The molecule has 0 aliphatic carbocycles. The van der Waals surface area contributed by atoms with Crippen molar-refractivity contribution in [3.8, 4) is 6.07 Å². The first-order valence-electron chi connectivity index (χ1n) is 4.24. The molecule has 0 rings (SSSR count). The van der Waals surface area contributed by atoms with Crippen molar-refractivity contribution in [1.29, 1.82) is 5.26 Å². The Hall–Kier alpha value is -1.43. The molecule has 0 heterocycles. The van der Waals surface area contributed by atoms with Crippen LogP contribution in [0.2, 0.25) is 0 Å². The van der Waals surface area contributed by atoms with E-state index in [0.717, 1.165) is 13.3 Å². The second-order valence-electron chi connectivity index (χ2n) is 3.46. The van der Waals surface area contributed by atoms with Gasteiger partial charge in [0.15, 0.2) is 0 Å². The molecule has 0 aromatic rings. The summed E-state index contributed by atoms with van der Waals surface area (Å²) in [5.41, 5.74) is -5.54. The van der Waals surface area contributed by atoms with E-state index in [1.807, 2.05) is 6.07 Å². The molecule has 9 heteroatoms. The Balaban J connectivity index is 4.25. The van der Waals surface area contributed by atoms with Gasteiger partial charge in [0.05, 0.1) is 29.6 Å². The van der Waals surface area contributed by atoms with Gasteiger partial charge in [-0.2, -0.15) is 18.4 Å². The van der Waals surface area contributed by atoms with Crippen molar-refractivity contribution in [3.63, 3.8) is 0 Å². The zero-order valence-corrected chi connectivity index (χ0v) is 10.1. The lowest BCUT2D eigenvalue weighted by Gasteiger charge is -2.14. The number of oxime groups is 1. The van der Waals surface area contributed by atoms with Crippen molar-refractivity contribution in [2.24, 2.45) is 10.6 Å². The maximum absolute atomic E-state index is 11.9.